The Hall–Kier alpha value is -1.35. The molecule has 0 amide bonds. The van der Waals surface area contributed by atoms with Gasteiger partial charge < -0.3 is 9.84 Å². The number of ether oxygens (including phenoxy) is 1. The molecule has 10 aliphatic rings. The molecule has 0 heterocycles. The van der Waals surface area contributed by atoms with Gasteiger partial charge in [0.1, 0.15) is 6.10 Å². The number of carbonyl (C=O) groups excluding carboxylic acids is 1. The van der Waals surface area contributed by atoms with Crippen LogP contribution < -0.4 is 0 Å². The zero-order valence-electron chi connectivity index (χ0n) is 40.3. The van der Waals surface area contributed by atoms with Crippen molar-refractivity contribution in [3.8, 4) is 0 Å². The summed E-state index contributed by atoms with van der Waals surface area (Å²) in [6.07, 6.45) is 18.4. The van der Waals surface area contributed by atoms with Crippen LogP contribution in [0.3, 0.4) is 0 Å². The molecule has 328 valence electrons. The van der Waals surface area contributed by atoms with Crippen molar-refractivity contribution in [2.24, 2.45) is 97.6 Å². The minimum atomic E-state index is -0.128. The van der Waals surface area contributed by atoms with E-state index in [2.05, 4.69) is 121 Å². The molecule has 0 spiro atoms. The Morgan fingerprint density at radius 3 is 1.59 bits per heavy atom. The zero-order chi connectivity index (χ0) is 42.5. The number of aliphatic hydroxyl groups is 1. The molecule has 9 saturated carbocycles. The average Bonchev–Trinajstić information content (AvgIpc) is 3.87. The van der Waals surface area contributed by atoms with Crippen LogP contribution in [0.25, 0.3) is 0 Å². The van der Waals surface area contributed by atoms with Gasteiger partial charge in [-0.3, -0.25) is 4.79 Å². The molecule has 16 unspecified atom stereocenters. The van der Waals surface area contributed by atoms with Gasteiger partial charge in [0.2, 0.25) is 0 Å². The quantitative estimate of drug-likeness (QED) is 0.288. The molecule has 3 nitrogen and oxygen atoms in total. The monoisotopic (exact) mass is 799 g/mol. The van der Waals surface area contributed by atoms with Crippen LogP contribution in [0.5, 0.6) is 0 Å². The number of fused-ring (bicyclic) bond motifs is 10. The Labute approximate surface area is 357 Å². The first-order chi connectivity index (χ1) is 27.0. The number of esters is 1. The van der Waals surface area contributed by atoms with Crippen LogP contribution in [0.15, 0.2) is 24.3 Å². The number of carbonyl (C=O) groups is 1. The van der Waals surface area contributed by atoms with Crippen molar-refractivity contribution in [2.45, 2.75) is 205 Å². The summed E-state index contributed by atoms with van der Waals surface area (Å²) in [6.45, 7) is 34.6. The van der Waals surface area contributed by atoms with Gasteiger partial charge in [0.15, 0.2) is 0 Å². The van der Waals surface area contributed by atoms with Gasteiger partial charge >= 0.3 is 5.97 Å². The topological polar surface area (TPSA) is 46.5 Å². The van der Waals surface area contributed by atoms with E-state index in [1.807, 2.05) is 0 Å². The normalized spacial score (nSPS) is 48.8. The SMILES string of the molecule is CC(=O)OC1C(C)C2CCC1(C)C2(C)C.CC1C2CCC(C)(C1O)C2(C)C.CC1C2CCCCC12.CC1C2CCc3ccccc3C12.CC1CC2(C)CCC1C2(C)C. The molecular weight excluding hydrogens is 709 g/mol. The molecule has 10 aliphatic carbocycles. The van der Waals surface area contributed by atoms with E-state index in [0.29, 0.717) is 39.4 Å². The van der Waals surface area contributed by atoms with E-state index >= 15 is 0 Å². The van der Waals surface area contributed by atoms with E-state index in [1.165, 1.54) is 89.4 Å². The summed E-state index contributed by atoms with van der Waals surface area (Å²) in [4.78, 5) is 11.2. The number of hydrogen-bond donors (Lipinski definition) is 1. The summed E-state index contributed by atoms with van der Waals surface area (Å²) in [5, 5.41) is 10.1. The molecule has 6 bridgehead atoms. The predicted molar refractivity (Wildman–Crippen MR) is 242 cm³/mol. The number of aliphatic hydroxyl groups excluding tert-OH is 1. The van der Waals surface area contributed by atoms with Crippen LogP contribution in [0.4, 0.5) is 0 Å². The lowest BCUT2D eigenvalue weighted by Crippen LogP contribution is -2.40. The maximum Gasteiger partial charge on any atom is 0.302 e. The average molecular weight is 799 g/mol. The minimum Gasteiger partial charge on any atom is -0.462 e. The number of aryl methyl sites for hydroxylation is 1. The summed E-state index contributed by atoms with van der Waals surface area (Å²) < 4.78 is 5.56. The van der Waals surface area contributed by atoms with E-state index in [-0.39, 0.29) is 29.0 Å². The van der Waals surface area contributed by atoms with Gasteiger partial charge in [-0.1, -0.05) is 134 Å². The van der Waals surface area contributed by atoms with Gasteiger partial charge in [0, 0.05) is 12.3 Å². The largest absolute Gasteiger partial charge is 0.462 e. The van der Waals surface area contributed by atoms with Crippen molar-refractivity contribution in [3.05, 3.63) is 35.4 Å². The van der Waals surface area contributed by atoms with Crippen LogP contribution in [0, 0.1) is 97.6 Å². The summed E-state index contributed by atoms with van der Waals surface area (Å²) in [6, 6.07) is 8.99. The van der Waals surface area contributed by atoms with Crippen molar-refractivity contribution < 1.29 is 14.6 Å². The van der Waals surface area contributed by atoms with Crippen LogP contribution in [0.1, 0.15) is 198 Å². The van der Waals surface area contributed by atoms with Crippen molar-refractivity contribution in [1.82, 2.24) is 0 Å². The molecule has 1 N–H and O–H groups in total. The molecule has 0 aromatic heterocycles. The summed E-state index contributed by atoms with van der Waals surface area (Å²) in [7, 11) is 0. The van der Waals surface area contributed by atoms with E-state index in [4.69, 9.17) is 4.74 Å². The van der Waals surface area contributed by atoms with Gasteiger partial charge in [-0.15, -0.1) is 0 Å². The molecule has 3 heteroatoms. The highest BCUT2D eigenvalue weighted by Gasteiger charge is 2.67. The first kappa shape index (κ1) is 44.7. The van der Waals surface area contributed by atoms with E-state index in [9.17, 15) is 9.90 Å². The molecule has 9 fully saturated rings. The zero-order valence-corrected chi connectivity index (χ0v) is 40.3. The smallest absolute Gasteiger partial charge is 0.302 e. The van der Waals surface area contributed by atoms with E-state index in [1.54, 1.807) is 24.0 Å². The second-order valence-electron chi connectivity index (χ2n) is 25.1. The second-order valence-corrected chi connectivity index (χ2v) is 25.1. The molecule has 16 atom stereocenters. The van der Waals surface area contributed by atoms with Crippen molar-refractivity contribution >= 4 is 5.97 Å². The molecule has 11 rings (SSSR count). The van der Waals surface area contributed by atoms with Crippen molar-refractivity contribution in [3.63, 3.8) is 0 Å². The molecule has 58 heavy (non-hydrogen) atoms. The Morgan fingerprint density at radius 1 is 0.621 bits per heavy atom. The lowest BCUT2D eigenvalue weighted by atomic mass is 9.70. The van der Waals surface area contributed by atoms with Crippen molar-refractivity contribution in [2.75, 3.05) is 0 Å². The standard InChI is InChI=1S/C13H22O2.C12H14.C11H20O.C11H20.C8H14/c1-8-10-6-7-13(5,12(10,3)4)11(8)15-9(2)14;1-8-10-7-6-9-4-2-3-5-11(9)12(8)10;1-7-8-5-6-11(4,9(7)12)10(8,2)3;1-8-7-11(4)6-5-9(8)10(11,2)3;1-6-7-4-2-3-5-8(6)7/h8,10-11H,6-7H2,1-5H3;2-5,8,10,12H,6-7H2,1H3;7-9,12H,5-6H2,1-4H3;8-9H,5-7H2,1-4H3;6-8H,2-5H2,1H3. The molecule has 0 saturated heterocycles. The van der Waals surface area contributed by atoms with Gasteiger partial charge in [-0.2, -0.15) is 0 Å². The lowest BCUT2D eigenvalue weighted by molar-refractivity contribution is -0.157. The van der Waals surface area contributed by atoms with E-state index < -0.39 is 0 Å². The van der Waals surface area contributed by atoms with Crippen LogP contribution in [-0.2, 0) is 16.0 Å². The third kappa shape index (κ3) is 7.02. The lowest BCUT2D eigenvalue weighted by Gasteiger charge is -2.39. The second kappa shape index (κ2) is 15.5. The number of rotatable bonds is 1. The van der Waals surface area contributed by atoms with Crippen LogP contribution in [-0.4, -0.2) is 23.3 Å². The fraction of sp³-hybridized carbons (Fsp3) is 0.873. The first-order valence-electron chi connectivity index (χ1n) is 24.9. The Kier molecular flexibility index (Phi) is 11.9. The number of benzene rings is 1. The van der Waals surface area contributed by atoms with Crippen LogP contribution >= 0.6 is 0 Å². The van der Waals surface area contributed by atoms with Gasteiger partial charge in [-0.05, 0) is 180 Å². The highest BCUT2D eigenvalue weighted by molar-refractivity contribution is 5.66. The minimum absolute atomic E-state index is 0.0637. The maximum absolute atomic E-state index is 11.2. The Bertz CT molecular complexity index is 1620. The number of hydrogen-bond acceptors (Lipinski definition) is 3. The molecule has 1 aromatic carbocycles. The third-order valence-electron chi connectivity index (χ3n) is 22.3. The fourth-order valence-electron chi connectivity index (χ4n) is 17.1. The maximum atomic E-state index is 11.2. The van der Waals surface area contributed by atoms with Gasteiger partial charge in [0.05, 0.1) is 6.10 Å². The molecule has 0 aliphatic heterocycles. The van der Waals surface area contributed by atoms with Gasteiger partial charge in [-0.25, -0.2) is 0 Å². The van der Waals surface area contributed by atoms with E-state index in [0.717, 1.165) is 41.4 Å². The van der Waals surface area contributed by atoms with Crippen LogP contribution in [0.2, 0.25) is 0 Å². The first-order valence-corrected chi connectivity index (χ1v) is 24.9. The predicted octanol–water partition coefficient (Wildman–Crippen LogP) is 14.3. The molecular formula is C55H90O3. The summed E-state index contributed by atoms with van der Waals surface area (Å²) in [5.74, 6) is 10.7. The molecule has 0 radical (unpaired) electrons. The Morgan fingerprint density at radius 2 is 1.17 bits per heavy atom. The van der Waals surface area contributed by atoms with Crippen molar-refractivity contribution in [1.29, 1.82) is 0 Å². The highest BCUT2D eigenvalue weighted by Crippen LogP contribution is 2.70. The third-order valence-corrected chi connectivity index (χ3v) is 22.3. The highest BCUT2D eigenvalue weighted by atomic mass is 16.5. The summed E-state index contributed by atoms with van der Waals surface area (Å²) in [5.41, 5.74) is 5.62. The molecule has 1 aromatic rings. The Balaban J connectivity index is 0.000000112. The fourth-order valence-corrected chi connectivity index (χ4v) is 17.1. The van der Waals surface area contributed by atoms with Gasteiger partial charge in [0.25, 0.3) is 0 Å². The summed E-state index contributed by atoms with van der Waals surface area (Å²) >= 11 is 0.